The van der Waals surface area contributed by atoms with Crippen molar-refractivity contribution in [3.8, 4) is 0 Å². The number of nitrogens with one attached hydrogen (secondary N) is 1. The number of hydrogen-bond acceptors (Lipinski definition) is 4. The summed E-state index contributed by atoms with van der Waals surface area (Å²) in [6.45, 7) is 9.63. The van der Waals surface area contributed by atoms with Crippen LogP contribution in [0.25, 0.3) is 17.0 Å². The molecule has 5 nitrogen and oxygen atoms in total. The molecule has 1 aromatic carbocycles. The summed E-state index contributed by atoms with van der Waals surface area (Å²) < 4.78 is 5.34. The first-order valence-electron chi connectivity index (χ1n) is 11.2. The molecule has 0 saturated heterocycles. The van der Waals surface area contributed by atoms with Gasteiger partial charge in [-0.25, -0.2) is 4.79 Å². The van der Waals surface area contributed by atoms with Crippen LogP contribution in [-0.4, -0.2) is 22.5 Å². The highest BCUT2D eigenvalue weighted by atomic mass is 16.6. The smallest absolute Gasteiger partial charge is 0.408 e. The Morgan fingerprint density at radius 3 is 2.55 bits per heavy atom. The van der Waals surface area contributed by atoms with Crippen LogP contribution in [0.3, 0.4) is 0 Å². The minimum atomic E-state index is -0.538. The number of ether oxygens (including phenoxy) is 1. The minimum Gasteiger partial charge on any atom is -0.444 e. The SMILES string of the molecule is CCC1(C=Cc2ccc3ccc([C@@H](C)NC(=O)OC(C)(C)C)nc3c2)CCC(=O)CC1. The summed E-state index contributed by atoms with van der Waals surface area (Å²) in [5, 5.41) is 3.91. The molecular formula is C26H34N2O3. The van der Waals surface area contributed by atoms with Crippen molar-refractivity contribution < 1.29 is 14.3 Å². The largest absolute Gasteiger partial charge is 0.444 e. The van der Waals surface area contributed by atoms with Crippen LogP contribution in [0.4, 0.5) is 4.79 Å². The molecule has 1 saturated carbocycles. The number of carbonyl (C=O) groups excluding carboxylic acids is 2. The van der Waals surface area contributed by atoms with Crippen molar-refractivity contribution in [3.05, 3.63) is 47.7 Å². The molecule has 1 heterocycles. The van der Waals surface area contributed by atoms with Gasteiger partial charge in [-0.3, -0.25) is 9.78 Å². The number of rotatable bonds is 5. The molecule has 0 aliphatic heterocycles. The van der Waals surface area contributed by atoms with Gasteiger partial charge in [0.25, 0.3) is 0 Å². The number of benzene rings is 1. The Balaban J connectivity index is 1.77. The van der Waals surface area contributed by atoms with Crippen molar-refractivity contribution in [1.82, 2.24) is 10.3 Å². The summed E-state index contributed by atoms with van der Waals surface area (Å²) in [6, 6.07) is 9.94. The number of alkyl carbamates (subject to hydrolysis) is 1. The van der Waals surface area contributed by atoms with E-state index in [1.165, 1.54) is 0 Å². The van der Waals surface area contributed by atoms with E-state index >= 15 is 0 Å². The number of allylic oxidation sites excluding steroid dienone is 1. The zero-order chi connectivity index (χ0) is 22.6. The predicted octanol–water partition coefficient (Wildman–Crippen LogP) is 6.37. The molecule has 0 radical (unpaired) electrons. The molecule has 3 rings (SSSR count). The lowest BCUT2D eigenvalue weighted by molar-refractivity contribution is -0.121. The first-order chi connectivity index (χ1) is 14.6. The van der Waals surface area contributed by atoms with Crippen LogP contribution in [0.2, 0.25) is 0 Å². The minimum absolute atomic E-state index is 0.115. The molecule has 1 N–H and O–H groups in total. The summed E-state index contributed by atoms with van der Waals surface area (Å²) in [5.74, 6) is 0.383. The number of fused-ring (bicyclic) bond motifs is 1. The number of ketones is 1. The maximum atomic E-state index is 12.1. The van der Waals surface area contributed by atoms with Gasteiger partial charge in [0.1, 0.15) is 11.4 Å². The first kappa shape index (κ1) is 23.0. The third kappa shape index (κ3) is 6.16. The number of aromatic nitrogens is 1. The van der Waals surface area contributed by atoms with Crippen molar-refractivity contribution in [1.29, 1.82) is 0 Å². The third-order valence-electron chi connectivity index (χ3n) is 6.05. The maximum absolute atomic E-state index is 12.1. The molecule has 0 unspecified atom stereocenters. The average molecular weight is 423 g/mol. The summed E-state index contributed by atoms with van der Waals surface area (Å²) in [5.41, 5.74) is 2.35. The average Bonchev–Trinajstić information content (AvgIpc) is 2.71. The Hall–Kier alpha value is -2.69. The highest BCUT2D eigenvalue weighted by molar-refractivity contribution is 5.82. The fourth-order valence-electron chi connectivity index (χ4n) is 3.99. The van der Waals surface area contributed by atoms with E-state index in [2.05, 4.69) is 42.6 Å². The van der Waals surface area contributed by atoms with Crippen LogP contribution in [0.1, 0.15) is 84.0 Å². The van der Waals surface area contributed by atoms with E-state index in [0.717, 1.165) is 41.4 Å². The maximum Gasteiger partial charge on any atom is 0.408 e. The van der Waals surface area contributed by atoms with Crippen molar-refractivity contribution in [2.75, 3.05) is 0 Å². The van der Waals surface area contributed by atoms with Crippen LogP contribution >= 0.6 is 0 Å². The van der Waals surface area contributed by atoms with Crippen molar-refractivity contribution in [2.24, 2.45) is 5.41 Å². The Morgan fingerprint density at radius 2 is 1.90 bits per heavy atom. The molecule has 0 bridgehead atoms. The van der Waals surface area contributed by atoms with Gasteiger partial charge in [-0.15, -0.1) is 0 Å². The van der Waals surface area contributed by atoms with Crippen molar-refractivity contribution in [3.63, 3.8) is 0 Å². The van der Waals surface area contributed by atoms with E-state index in [1.54, 1.807) is 0 Å². The topological polar surface area (TPSA) is 68.3 Å². The summed E-state index contributed by atoms with van der Waals surface area (Å²) in [4.78, 5) is 28.5. The number of Topliss-reactive ketones (excluding diaryl/α,β-unsaturated/α-hetero) is 1. The van der Waals surface area contributed by atoms with Crippen LogP contribution in [0.5, 0.6) is 0 Å². The molecule has 1 fully saturated rings. The molecule has 166 valence electrons. The van der Waals surface area contributed by atoms with Crippen LogP contribution < -0.4 is 5.32 Å². The second-order valence-electron chi connectivity index (χ2n) is 9.64. The van der Waals surface area contributed by atoms with Gasteiger partial charge < -0.3 is 10.1 Å². The van der Waals surface area contributed by atoms with Crippen molar-refractivity contribution >= 4 is 28.9 Å². The monoisotopic (exact) mass is 422 g/mol. The lowest BCUT2D eigenvalue weighted by Crippen LogP contribution is -2.34. The van der Waals surface area contributed by atoms with E-state index in [0.29, 0.717) is 18.6 Å². The molecule has 1 aliphatic rings. The van der Waals surface area contributed by atoms with E-state index in [9.17, 15) is 9.59 Å². The number of hydrogen-bond donors (Lipinski definition) is 1. The summed E-state index contributed by atoms with van der Waals surface area (Å²) in [7, 11) is 0. The van der Waals surface area contributed by atoms with Gasteiger partial charge in [-0.1, -0.05) is 37.3 Å². The number of carbonyl (C=O) groups is 2. The first-order valence-corrected chi connectivity index (χ1v) is 11.2. The van der Waals surface area contributed by atoms with Gasteiger partial charge in [0.2, 0.25) is 0 Å². The van der Waals surface area contributed by atoms with Gasteiger partial charge in [-0.05, 0) is 70.1 Å². The highest BCUT2D eigenvalue weighted by Crippen LogP contribution is 2.39. The molecular weight excluding hydrogens is 388 g/mol. The van der Waals surface area contributed by atoms with Crippen LogP contribution in [-0.2, 0) is 9.53 Å². The number of amides is 1. The Morgan fingerprint density at radius 1 is 1.23 bits per heavy atom. The van der Waals surface area contributed by atoms with Gasteiger partial charge in [0.05, 0.1) is 17.3 Å². The third-order valence-corrected chi connectivity index (χ3v) is 6.05. The van der Waals surface area contributed by atoms with Crippen LogP contribution in [0, 0.1) is 5.41 Å². The lowest BCUT2D eigenvalue weighted by atomic mass is 9.71. The Labute approximate surface area is 185 Å². The normalized spacial score (nSPS) is 17.6. The molecule has 1 aliphatic carbocycles. The van der Waals surface area contributed by atoms with E-state index in [-0.39, 0.29) is 11.5 Å². The molecule has 1 aromatic heterocycles. The Kier molecular flexibility index (Phi) is 6.83. The standard InChI is InChI=1S/C26H34N2O3/c1-6-26(15-12-21(29)13-16-26)14-11-19-7-8-20-9-10-22(28-23(20)17-19)18(2)27-24(30)31-25(3,4)5/h7-11,14,17-18H,6,12-13,15-16H2,1-5H3,(H,27,30)/t18-/m1/s1. The molecule has 2 aromatic rings. The van der Waals surface area contributed by atoms with Crippen molar-refractivity contribution in [2.45, 2.75) is 78.4 Å². The highest BCUT2D eigenvalue weighted by Gasteiger charge is 2.30. The summed E-state index contributed by atoms with van der Waals surface area (Å²) >= 11 is 0. The molecule has 5 heteroatoms. The molecule has 1 atom stereocenters. The zero-order valence-electron chi connectivity index (χ0n) is 19.3. The fourth-order valence-corrected chi connectivity index (χ4v) is 3.99. The van der Waals surface area contributed by atoms with Gasteiger partial charge >= 0.3 is 6.09 Å². The Bertz CT molecular complexity index is 978. The fraction of sp³-hybridized carbons (Fsp3) is 0.500. The quantitative estimate of drug-likeness (QED) is 0.607. The van der Waals surface area contributed by atoms with E-state index in [1.807, 2.05) is 39.8 Å². The van der Waals surface area contributed by atoms with Gasteiger partial charge in [0, 0.05) is 18.2 Å². The number of nitrogens with zero attached hydrogens (tertiary/aromatic N) is 1. The molecule has 1 amide bonds. The van der Waals surface area contributed by atoms with E-state index in [4.69, 9.17) is 9.72 Å². The van der Waals surface area contributed by atoms with Gasteiger partial charge in [0.15, 0.2) is 0 Å². The second kappa shape index (κ2) is 9.21. The van der Waals surface area contributed by atoms with Gasteiger partial charge in [-0.2, -0.15) is 0 Å². The molecule has 31 heavy (non-hydrogen) atoms. The zero-order valence-corrected chi connectivity index (χ0v) is 19.3. The predicted molar refractivity (Wildman–Crippen MR) is 125 cm³/mol. The lowest BCUT2D eigenvalue weighted by Gasteiger charge is -2.33. The summed E-state index contributed by atoms with van der Waals surface area (Å²) in [6.07, 6.45) is 8.28. The number of pyridine rings is 1. The van der Waals surface area contributed by atoms with E-state index < -0.39 is 11.7 Å². The van der Waals surface area contributed by atoms with Crippen LogP contribution in [0.15, 0.2) is 36.4 Å². The molecule has 0 spiro atoms. The second-order valence-corrected chi connectivity index (χ2v) is 9.64.